The minimum absolute atomic E-state index is 0.189. The first-order valence-electron chi connectivity index (χ1n) is 5.40. The number of anilines is 1. The molecule has 1 N–H and O–H groups in total. The van der Waals surface area contributed by atoms with Crippen LogP contribution in [0, 0.1) is 11.3 Å². The van der Waals surface area contributed by atoms with Gasteiger partial charge in [-0.1, -0.05) is 0 Å². The summed E-state index contributed by atoms with van der Waals surface area (Å²) in [6.45, 7) is 1.42. The molecule has 1 amide bonds. The number of benzene rings is 1. The molecule has 0 saturated carbocycles. The lowest BCUT2D eigenvalue weighted by Crippen LogP contribution is -2.07. The van der Waals surface area contributed by atoms with Gasteiger partial charge in [-0.05, 0) is 28.1 Å². The van der Waals surface area contributed by atoms with Crippen molar-refractivity contribution in [1.29, 1.82) is 5.26 Å². The number of rotatable bonds is 2. The van der Waals surface area contributed by atoms with E-state index < -0.39 is 0 Å². The Bertz CT molecular complexity index is 707. The average molecular weight is 320 g/mol. The summed E-state index contributed by atoms with van der Waals surface area (Å²) in [4.78, 5) is 15.3. The summed E-state index contributed by atoms with van der Waals surface area (Å²) in [5.41, 5.74) is 1.66. The van der Waals surface area contributed by atoms with Crippen LogP contribution in [0.25, 0.3) is 10.9 Å². The highest BCUT2D eigenvalue weighted by Gasteiger charge is 2.12. The molecule has 19 heavy (non-hydrogen) atoms. The van der Waals surface area contributed by atoms with Gasteiger partial charge in [0.25, 0.3) is 0 Å². The maximum Gasteiger partial charge on any atom is 0.221 e. The van der Waals surface area contributed by atoms with Crippen LogP contribution < -0.4 is 10.1 Å². The quantitative estimate of drug-likeness (QED) is 0.923. The van der Waals surface area contributed by atoms with Crippen LogP contribution in [-0.4, -0.2) is 18.0 Å². The molecule has 1 aromatic carbocycles. The Kier molecular flexibility index (Phi) is 3.67. The molecule has 0 aliphatic heterocycles. The largest absolute Gasteiger partial charge is 0.495 e. The lowest BCUT2D eigenvalue weighted by molar-refractivity contribution is -0.114. The zero-order valence-electron chi connectivity index (χ0n) is 10.3. The molecule has 0 aliphatic carbocycles. The molecule has 2 aromatic rings. The Labute approximate surface area is 118 Å². The predicted molar refractivity (Wildman–Crippen MR) is 75.0 cm³/mol. The Morgan fingerprint density at radius 1 is 1.53 bits per heavy atom. The maximum atomic E-state index is 11.1. The Hall–Kier alpha value is -2.13. The fourth-order valence-electron chi connectivity index (χ4n) is 1.72. The van der Waals surface area contributed by atoms with Crippen molar-refractivity contribution in [1.82, 2.24) is 4.98 Å². The van der Waals surface area contributed by atoms with Gasteiger partial charge >= 0.3 is 0 Å². The molecule has 5 nitrogen and oxygen atoms in total. The number of carbonyl (C=O) groups is 1. The number of ether oxygens (including phenoxy) is 1. The van der Waals surface area contributed by atoms with Gasteiger partial charge in [0.2, 0.25) is 5.91 Å². The van der Waals surface area contributed by atoms with Crippen LogP contribution >= 0.6 is 15.9 Å². The lowest BCUT2D eigenvalue weighted by atomic mass is 10.1. The Morgan fingerprint density at radius 2 is 2.26 bits per heavy atom. The number of hydrogen-bond acceptors (Lipinski definition) is 4. The highest BCUT2D eigenvalue weighted by atomic mass is 79.9. The fraction of sp³-hybridized carbons (Fsp3) is 0.154. The van der Waals surface area contributed by atoms with Crippen LogP contribution in [0.3, 0.4) is 0 Å². The van der Waals surface area contributed by atoms with Crippen molar-refractivity contribution in [2.45, 2.75) is 6.92 Å². The van der Waals surface area contributed by atoms with Gasteiger partial charge in [0.15, 0.2) is 0 Å². The number of pyridine rings is 1. The average Bonchev–Trinajstić information content (AvgIpc) is 2.38. The van der Waals surface area contributed by atoms with Crippen molar-refractivity contribution in [3.63, 3.8) is 0 Å². The van der Waals surface area contributed by atoms with Crippen molar-refractivity contribution in [2.75, 3.05) is 12.4 Å². The second-order valence-corrected chi connectivity index (χ2v) is 4.64. The van der Waals surface area contributed by atoms with E-state index in [9.17, 15) is 4.79 Å². The first kappa shape index (κ1) is 13.3. The predicted octanol–water partition coefficient (Wildman–Crippen LogP) is 2.84. The van der Waals surface area contributed by atoms with Gasteiger partial charge in [0.1, 0.15) is 11.8 Å². The van der Waals surface area contributed by atoms with Crippen LogP contribution in [0.1, 0.15) is 12.5 Å². The fourth-order valence-corrected chi connectivity index (χ4v) is 2.23. The van der Waals surface area contributed by atoms with Crippen LogP contribution in [0.2, 0.25) is 0 Å². The molecule has 96 valence electrons. The summed E-state index contributed by atoms with van der Waals surface area (Å²) in [5.74, 6) is 0.325. The van der Waals surface area contributed by atoms with E-state index in [1.54, 1.807) is 12.1 Å². The van der Waals surface area contributed by atoms with Gasteiger partial charge in [0.05, 0.1) is 23.9 Å². The van der Waals surface area contributed by atoms with Crippen molar-refractivity contribution in [3.8, 4) is 11.8 Å². The van der Waals surface area contributed by atoms with Gasteiger partial charge in [-0.2, -0.15) is 5.26 Å². The third-order valence-electron chi connectivity index (χ3n) is 2.55. The topological polar surface area (TPSA) is 75.0 Å². The van der Waals surface area contributed by atoms with E-state index in [1.165, 1.54) is 20.2 Å². The van der Waals surface area contributed by atoms with E-state index in [-0.39, 0.29) is 5.91 Å². The maximum absolute atomic E-state index is 11.1. The van der Waals surface area contributed by atoms with E-state index in [2.05, 4.69) is 32.3 Å². The summed E-state index contributed by atoms with van der Waals surface area (Å²) in [7, 11) is 1.52. The lowest BCUT2D eigenvalue weighted by Gasteiger charge is -2.11. The Morgan fingerprint density at radius 3 is 2.84 bits per heavy atom. The van der Waals surface area contributed by atoms with Gasteiger partial charge in [-0.15, -0.1) is 0 Å². The van der Waals surface area contributed by atoms with Gasteiger partial charge in [-0.3, -0.25) is 9.78 Å². The monoisotopic (exact) mass is 319 g/mol. The number of hydrogen-bond donors (Lipinski definition) is 1. The van der Waals surface area contributed by atoms with E-state index in [0.717, 1.165) is 5.39 Å². The van der Waals surface area contributed by atoms with Gasteiger partial charge in [0, 0.05) is 23.0 Å². The SMILES string of the molecule is COc1cc2c(Br)c(C#N)cnc2cc1NC(C)=O. The molecular weight excluding hydrogens is 310 g/mol. The molecule has 6 heteroatoms. The number of halogens is 1. The third kappa shape index (κ3) is 2.51. The zero-order chi connectivity index (χ0) is 14.0. The Balaban J connectivity index is 2.71. The number of nitrogens with zero attached hydrogens (tertiary/aromatic N) is 2. The number of nitrogens with one attached hydrogen (secondary N) is 1. The molecule has 0 atom stereocenters. The van der Waals surface area contributed by atoms with Crippen molar-refractivity contribution in [2.24, 2.45) is 0 Å². The summed E-state index contributed by atoms with van der Waals surface area (Å²) < 4.78 is 5.90. The summed E-state index contributed by atoms with van der Waals surface area (Å²) in [6, 6.07) is 5.50. The molecule has 0 bridgehead atoms. The normalized spacial score (nSPS) is 10.0. The summed E-state index contributed by atoms with van der Waals surface area (Å²) in [6.07, 6.45) is 1.48. The van der Waals surface area contributed by atoms with E-state index in [4.69, 9.17) is 10.00 Å². The second-order valence-electron chi connectivity index (χ2n) is 3.85. The third-order valence-corrected chi connectivity index (χ3v) is 3.41. The van der Waals surface area contributed by atoms with Gasteiger partial charge < -0.3 is 10.1 Å². The van der Waals surface area contributed by atoms with E-state index in [0.29, 0.717) is 27.0 Å². The van der Waals surface area contributed by atoms with Crippen LogP contribution in [0.15, 0.2) is 22.8 Å². The standard InChI is InChI=1S/C13H10BrN3O2/c1-7(18)17-11-4-10-9(3-12(11)19-2)13(14)8(5-15)6-16-10/h3-4,6H,1-2H3,(H,17,18). The highest BCUT2D eigenvalue weighted by molar-refractivity contribution is 9.10. The number of amides is 1. The molecular formula is C13H10BrN3O2. The van der Waals surface area contributed by atoms with Crippen LogP contribution in [0.5, 0.6) is 5.75 Å². The number of aromatic nitrogens is 1. The number of nitriles is 1. The van der Waals surface area contributed by atoms with Crippen molar-refractivity contribution in [3.05, 3.63) is 28.4 Å². The molecule has 0 fully saturated rings. The highest BCUT2D eigenvalue weighted by Crippen LogP contribution is 2.34. The zero-order valence-corrected chi connectivity index (χ0v) is 11.9. The van der Waals surface area contributed by atoms with Crippen molar-refractivity contribution >= 4 is 38.4 Å². The smallest absolute Gasteiger partial charge is 0.221 e. The molecule has 0 aliphatic rings. The molecule has 1 heterocycles. The molecule has 1 aromatic heterocycles. The van der Waals surface area contributed by atoms with Crippen LogP contribution in [0.4, 0.5) is 5.69 Å². The summed E-state index contributed by atoms with van der Waals surface area (Å²) >= 11 is 3.38. The molecule has 0 unspecified atom stereocenters. The second kappa shape index (κ2) is 5.24. The van der Waals surface area contributed by atoms with Crippen LogP contribution in [-0.2, 0) is 4.79 Å². The van der Waals surface area contributed by atoms with Crippen molar-refractivity contribution < 1.29 is 9.53 Å². The first-order chi connectivity index (χ1) is 9.06. The minimum Gasteiger partial charge on any atom is -0.495 e. The first-order valence-corrected chi connectivity index (χ1v) is 6.20. The minimum atomic E-state index is -0.189. The molecule has 0 saturated heterocycles. The van der Waals surface area contributed by atoms with E-state index in [1.807, 2.05) is 0 Å². The number of fused-ring (bicyclic) bond motifs is 1. The van der Waals surface area contributed by atoms with Gasteiger partial charge in [-0.25, -0.2) is 0 Å². The number of carbonyl (C=O) groups excluding carboxylic acids is 1. The van der Waals surface area contributed by atoms with E-state index >= 15 is 0 Å². The molecule has 2 rings (SSSR count). The molecule has 0 radical (unpaired) electrons. The number of methoxy groups -OCH3 is 1. The summed E-state index contributed by atoms with van der Waals surface area (Å²) in [5, 5.41) is 12.4. The molecule has 0 spiro atoms.